The number of aryl methyl sites for hydroxylation is 1. The van der Waals surface area contributed by atoms with Crippen LogP contribution in [0.4, 0.5) is 10.1 Å². The summed E-state index contributed by atoms with van der Waals surface area (Å²) in [5.41, 5.74) is 1.91. The van der Waals surface area contributed by atoms with Crippen molar-refractivity contribution in [3.05, 3.63) is 54.2 Å². The highest BCUT2D eigenvalue weighted by Crippen LogP contribution is 2.20. The van der Waals surface area contributed by atoms with Gasteiger partial charge in [-0.25, -0.2) is 9.37 Å². The molecular weight excluding hydrogens is 287 g/mol. The Hall–Kier alpha value is -2.89. The summed E-state index contributed by atoms with van der Waals surface area (Å²) in [5.74, 6) is 0.105. The van der Waals surface area contributed by atoms with Crippen molar-refractivity contribution in [2.45, 2.75) is 6.92 Å². The Morgan fingerprint density at radius 2 is 2.18 bits per heavy atom. The van der Waals surface area contributed by atoms with Gasteiger partial charge in [-0.15, -0.1) is 0 Å². The average molecular weight is 300 g/mol. The first kappa shape index (κ1) is 14.1. The molecule has 0 saturated heterocycles. The number of benzene rings is 2. The van der Waals surface area contributed by atoms with Gasteiger partial charge in [-0.05, 0) is 24.3 Å². The van der Waals surface area contributed by atoms with Crippen LogP contribution in [0, 0.1) is 12.7 Å². The van der Waals surface area contributed by atoms with Crippen molar-refractivity contribution in [1.82, 2.24) is 4.98 Å². The standard InChI is InChI=1S/C16H13FN2O3/c1-10-18-14-6-5-12(8-15(14)22-10)19-16(20)9-21-13-4-2-3-11(17)7-13/h2-8H,9H2,1H3,(H,19,20). The monoisotopic (exact) mass is 300 g/mol. The van der Waals surface area contributed by atoms with Gasteiger partial charge in [0.05, 0.1) is 0 Å². The Morgan fingerprint density at radius 1 is 1.32 bits per heavy atom. The molecule has 0 atom stereocenters. The summed E-state index contributed by atoms with van der Waals surface area (Å²) in [6.45, 7) is 1.54. The maximum atomic E-state index is 13.0. The van der Waals surface area contributed by atoms with Gasteiger partial charge >= 0.3 is 0 Å². The lowest BCUT2D eigenvalue weighted by molar-refractivity contribution is -0.118. The molecule has 1 N–H and O–H groups in total. The van der Waals surface area contributed by atoms with Crippen LogP contribution < -0.4 is 10.1 Å². The second-order valence-electron chi connectivity index (χ2n) is 4.71. The van der Waals surface area contributed by atoms with Crippen LogP contribution in [-0.2, 0) is 4.79 Å². The summed E-state index contributed by atoms with van der Waals surface area (Å²) in [5, 5.41) is 2.68. The Labute approximate surface area is 125 Å². The molecule has 0 aliphatic heterocycles. The second kappa shape index (κ2) is 5.85. The van der Waals surface area contributed by atoms with E-state index in [1.54, 1.807) is 31.2 Å². The van der Waals surface area contributed by atoms with Crippen molar-refractivity contribution >= 4 is 22.7 Å². The third kappa shape index (κ3) is 3.22. The number of halogens is 1. The van der Waals surface area contributed by atoms with E-state index in [0.717, 1.165) is 5.52 Å². The van der Waals surface area contributed by atoms with Crippen LogP contribution in [0.3, 0.4) is 0 Å². The number of oxazole rings is 1. The molecule has 2 aromatic carbocycles. The minimum absolute atomic E-state index is 0.211. The van der Waals surface area contributed by atoms with Crippen molar-refractivity contribution < 1.29 is 18.3 Å². The average Bonchev–Trinajstić information content (AvgIpc) is 2.84. The van der Waals surface area contributed by atoms with Crippen molar-refractivity contribution in [3.8, 4) is 5.75 Å². The van der Waals surface area contributed by atoms with Crippen LogP contribution in [0.2, 0.25) is 0 Å². The number of amides is 1. The smallest absolute Gasteiger partial charge is 0.262 e. The molecule has 1 heterocycles. The van der Waals surface area contributed by atoms with Crippen LogP contribution in [0.25, 0.3) is 11.1 Å². The van der Waals surface area contributed by atoms with Crippen LogP contribution in [0.1, 0.15) is 5.89 Å². The number of hydrogen-bond donors (Lipinski definition) is 1. The van der Waals surface area contributed by atoms with E-state index in [2.05, 4.69) is 10.3 Å². The lowest BCUT2D eigenvalue weighted by Crippen LogP contribution is -2.20. The molecule has 1 amide bonds. The summed E-state index contributed by atoms with van der Waals surface area (Å²) in [6, 6.07) is 10.8. The number of aromatic nitrogens is 1. The molecule has 22 heavy (non-hydrogen) atoms. The van der Waals surface area contributed by atoms with Crippen molar-refractivity contribution in [2.24, 2.45) is 0 Å². The van der Waals surface area contributed by atoms with E-state index in [1.165, 1.54) is 18.2 Å². The maximum absolute atomic E-state index is 13.0. The number of carbonyl (C=O) groups is 1. The van der Waals surface area contributed by atoms with Gasteiger partial charge in [0.1, 0.15) is 17.1 Å². The first-order chi connectivity index (χ1) is 10.6. The number of fused-ring (bicyclic) bond motifs is 1. The lowest BCUT2D eigenvalue weighted by Gasteiger charge is -2.07. The number of nitrogens with one attached hydrogen (secondary N) is 1. The van der Waals surface area contributed by atoms with Gasteiger partial charge in [0.15, 0.2) is 18.1 Å². The van der Waals surface area contributed by atoms with E-state index < -0.39 is 5.82 Å². The number of carbonyl (C=O) groups excluding carboxylic acids is 1. The molecule has 0 saturated carbocycles. The van der Waals surface area contributed by atoms with Gasteiger partial charge in [-0.1, -0.05) is 6.07 Å². The normalized spacial score (nSPS) is 10.6. The zero-order valence-electron chi connectivity index (χ0n) is 11.8. The molecule has 3 aromatic rings. The highest BCUT2D eigenvalue weighted by atomic mass is 19.1. The number of nitrogens with zero attached hydrogens (tertiary/aromatic N) is 1. The van der Waals surface area contributed by atoms with Gasteiger partial charge in [-0.3, -0.25) is 4.79 Å². The van der Waals surface area contributed by atoms with Crippen LogP contribution >= 0.6 is 0 Å². The van der Waals surface area contributed by atoms with Gasteiger partial charge < -0.3 is 14.5 Å². The first-order valence-electron chi connectivity index (χ1n) is 6.65. The van der Waals surface area contributed by atoms with Crippen LogP contribution in [0.5, 0.6) is 5.75 Å². The second-order valence-corrected chi connectivity index (χ2v) is 4.71. The molecule has 0 fully saturated rings. The number of rotatable bonds is 4. The fourth-order valence-corrected chi connectivity index (χ4v) is 2.02. The molecule has 0 radical (unpaired) electrons. The molecule has 0 unspecified atom stereocenters. The first-order valence-corrected chi connectivity index (χ1v) is 6.65. The van der Waals surface area contributed by atoms with Crippen molar-refractivity contribution in [3.63, 3.8) is 0 Å². The largest absolute Gasteiger partial charge is 0.484 e. The highest BCUT2D eigenvalue weighted by Gasteiger charge is 2.07. The van der Waals surface area contributed by atoms with Gasteiger partial charge in [0.2, 0.25) is 0 Å². The van der Waals surface area contributed by atoms with Gasteiger partial charge in [0, 0.05) is 24.7 Å². The van der Waals surface area contributed by atoms with Crippen molar-refractivity contribution in [2.75, 3.05) is 11.9 Å². The zero-order valence-corrected chi connectivity index (χ0v) is 11.8. The Morgan fingerprint density at radius 3 is 3.00 bits per heavy atom. The molecule has 0 spiro atoms. The predicted molar refractivity (Wildman–Crippen MR) is 79.3 cm³/mol. The molecule has 0 bridgehead atoms. The third-order valence-electron chi connectivity index (χ3n) is 2.95. The van der Waals surface area contributed by atoms with E-state index >= 15 is 0 Å². The van der Waals surface area contributed by atoms with Gasteiger partial charge in [-0.2, -0.15) is 0 Å². The van der Waals surface area contributed by atoms with E-state index in [0.29, 0.717) is 22.9 Å². The molecule has 0 aliphatic rings. The van der Waals surface area contributed by atoms with E-state index in [9.17, 15) is 9.18 Å². The highest BCUT2D eigenvalue weighted by molar-refractivity contribution is 5.93. The zero-order chi connectivity index (χ0) is 15.5. The number of hydrogen-bond acceptors (Lipinski definition) is 4. The summed E-state index contributed by atoms with van der Waals surface area (Å²) >= 11 is 0. The topological polar surface area (TPSA) is 64.4 Å². The summed E-state index contributed by atoms with van der Waals surface area (Å²) in [6.07, 6.45) is 0. The lowest BCUT2D eigenvalue weighted by atomic mass is 10.3. The quantitative estimate of drug-likeness (QED) is 0.803. The predicted octanol–water partition coefficient (Wildman–Crippen LogP) is 3.29. The molecule has 0 aliphatic carbocycles. The SMILES string of the molecule is Cc1nc2ccc(NC(=O)COc3cccc(F)c3)cc2o1. The van der Waals surface area contributed by atoms with E-state index in [1.807, 2.05) is 0 Å². The van der Waals surface area contributed by atoms with E-state index in [-0.39, 0.29) is 12.5 Å². The third-order valence-corrected chi connectivity index (χ3v) is 2.95. The Bertz CT molecular complexity index is 829. The van der Waals surface area contributed by atoms with Crippen LogP contribution in [0.15, 0.2) is 46.9 Å². The molecule has 1 aromatic heterocycles. The number of ether oxygens (including phenoxy) is 1. The molecule has 3 rings (SSSR count). The van der Waals surface area contributed by atoms with E-state index in [4.69, 9.17) is 9.15 Å². The maximum Gasteiger partial charge on any atom is 0.262 e. The molecule has 112 valence electrons. The summed E-state index contributed by atoms with van der Waals surface area (Å²) < 4.78 is 23.6. The Balaban J connectivity index is 1.62. The minimum atomic E-state index is -0.413. The summed E-state index contributed by atoms with van der Waals surface area (Å²) in [7, 11) is 0. The number of anilines is 1. The fraction of sp³-hybridized carbons (Fsp3) is 0.125. The molecule has 6 heteroatoms. The van der Waals surface area contributed by atoms with Gasteiger partial charge in [0.25, 0.3) is 5.91 Å². The molecule has 5 nitrogen and oxygen atoms in total. The minimum Gasteiger partial charge on any atom is -0.484 e. The van der Waals surface area contributed by atoms with Crippen LogP contribution in [-0.4, -0.2) is 17.5 Å². The fourth-order valence-electron chi connectivity index (χ4n) is 2.02. The van der Waals surface area contributed by atoms with Crippen molar-refractivity contribution in [1.29, 1.82) is 0 Å². The molecular formula is C16H13FN2O3. The summed E-state index contributed by atoms with van der Waals surface area (Å²) in [4.78, 5) is 16.0. The Kier molecular flexibility index (Phi) is 3.74.